The highest BCUT2D eigenvalue weighted by Crippen LogP contribution is 2.24. The maximum Gasteiger partial charge on any atom is 0.387 e. The Kier molecular flexibility index (Phi) is 6.31. The van der Waals surface area contributed by atoms with Crippen LogP contribution >= 0.6 is 22.6 Å². The predicted octanol–water partition coefficient (Wildman–Crippen LogP) is 3.39. The molecule has 0 amide bonds. The summed E-state index contributed by atoms with van der Waals surface area (Å²) in [6.07, 6.45) is 0.464. The van der Waals surface area contributed by atoms with Crippen LogP contribution in [0.25, 0.3) is 0 Å². The first kappa shape index (κ1) is 15.1. The topological polar surface area (TPSA) is 35.5 Å². The third-order valence-electron chi connectivity index (χ3n) is 2.15. The molecule has 100 valence electrons. The highest BCUT2D eigenvalue weighted by molar-refractivity contribution is 14.1. The fourth-order valence-corrected chi connectivity index (χ4v) is 1.87. The SMILES string of the molecule is CCOC(=O)CCc1ccc(I)cc1OC(F)F. The van der Waals surface area contributed by atoms with Crippen molar-refractivity contribution in [1.29, 1.82) is 0 Å². The van der Waals surface area contributed by atoms with Gasteiger partial charge in [0.15, 0.2) is 0 Å². The van der Waals surface area contributed by atoms with E-state index in [4.69, 9.17) is 4.74 Å². The van der Waals surface area contributed by atoms with Crippen LogP contribution in [0, 0.1) is 3.57 Å². The minimum absolute atomic E-state index is 0.112. The molecule has 0 aliphatic carbocycles. The fraction of sp³-hybridized carbons (Fsp3) is 0.417. The quantitative estimate of drug-likeness (QED) is 0.569. The van der Waals surface area contributed by atoms with Gasteiger partial charge in [-0.25, -0.2) is 0 Å². The Morgan fingerprint density at radius 1 is 1.44 bits per heavy atom. The lowest BCUT2D eigenvalue weighted by Gasteiger charge is -2.11. The molecule has 1 rings (SSSR count). The van der Waals surface area contributed by atoms with Crippen LogP contribution in [0.2, 0.25) is 0 Å². The second-order valence-corrected chi connectivity index (χ2v) is 4.68. The van der Waals surface area contributed by atoms with Gasteiger partial charge in [0, 0.05) is 9.99 Å². The first-order valence-corrected chi connectivity index (χ1v) is 6.49. The number of esters is 1. The molecule has 0 aliphatic rings. The van der Waals surface area contributed by atoms with Crippen molar-refractivity contribution in [1.82, 2.24) is 0 Å². The summed E-state index contributed by atoms with van der Waals surface area (Å²) in [7, 11) is 0. The summed E-state index contributed by atoms with van der Waals surface area (Å²) < 4.78 is 34.5. The van der Waals surface area contributed by atoms with Crippen LogP contribution in [0.3, 0.4) is 0 Å². The second kappa shape index (κ2) is 7.50. The molecule has 0 fully saturated rings. The Morgan fingerprint density at radius 2 is 2.17 bits per heavy atom. The third-order valence-corrected chi connectivity index (χ3v) is 2.82. The van der Waals surface area contributed by atoms with Crippen molar-refractivity contribution in [2.45, 2.75) is 26.4 Å². The molecule has 6 heteroatoms. The molecular formula is C12H13F2IO3. The van der Waals surface area contributed by atoms with E-state index >= 15 is 0 Å². The van der Waals surface area contributed by atoms with Crippen molar-refractivity contribution in [2.24, 2.45) is 0 Å². The van der Waals surface area contributed by atoms with Crippen molar-refractivity contribution in [3.8, 4) is 5.75 Å². The van der Waals surface area contributed by atoms with Crippen LogP contribution in [0.1, 0.15) is 18.9 Å². The zero-order valence-corrected chi connectivity index (χ0v) is 11.9. The van der Waals surface area contributed by atoms with E-state index in [1.165, 1.54) is 6.07 Å². The van der Waals surface area contributed by atoms with Crippen LogP contribution in [0.5, 0.6) is 5.75 Å². The Hall–Kier alpha value is -0.920. The highest BCUT2D eigenvalue weighted by atomic mass is 127. The monoisotopic (exact) mass is 370 g/mol. The van der Waals surface area contributed by atoms with Gasteiger partial charge in [0.1, 0.15) is 5.75 Å². The number of hydrogen-bond donors (Lipinski definition) is 0. The summed E-state index contributed by atoms with van der Waals surface area (Å²) >= 11 is 2.01. The Morgan fingerprint density at radius 3 is 2.78 bits per heavy atom. The smallest absolute Gasteiger partial charge is 0.387 e. The van der Waals surface area contributed by atoms with E-state index in [9.17, 15) is 13.6 Å². The summed E-state index contributed by atoms with van der Waals surface area (Å²) in [4.78, 5) is 11.2. The van der Waals surface area contributed by atoms with Gasteiger partial charge in [0.05, 0.1) is 6.61 Å². The van der Waals surface area contributed by atoms with E-state index in [0.29, 0.717) is 18.6 Å². The molecular weight excluding hydrogens is 357 g/mol. The molecule has 1 aromatic rings. The standard InChI is InChI=1S/C12H13F2IO3/c1-2-17-11(16)6-4-8-3-5-9(15)7-10(8)18-12(13)14/h3,5,7,12H,2,4,6H2,1H3. The van der Waals surface area contributed by atoms with Gasteiger partial charge in [-0.3, -0.25) is 4.79 Å². The molecule has 0 atom stereocenters. The maximum absolute atomic E-state index is 12.2. The normalized spacial score (nSPS) is 10.5. The molecule has 0 bridgehead atoms. The average Bonchev–Trinajstić information content (AvgIpc) is 2.27. The van der Waals surface area contributed by atoms with Crippen LogP contribution in [-0.4, -0.2) is 19.2 Å². The van der Waals surface area contributed by atoms with Crippen molar-refractivity contribution in [3.63, 3.8) is 0 Å². The number of ether oxygens (including phenoxy) is 2. The van der Waals surface area contributed by atoms with E-state index in [1.807, 2.05) is 22.6 Å². The summed E-state index contributed by atoms with van der Waals surface area (Å²) in [6, 6.07) is 4.98. The van der Waals surface area contributed by atoms with Crippen molar-refractivity contribution < 1.29 is 23.0 Å². The van der Waals surface area contributed by atoms with Gasteiger partial charge in [-0.15, -0.1) is 0 Å². The van der Waals surface area contributed by atoms with Gasteiger partial charge >= 0.3 is 12.6 Å². The lowest BCUT2D eigenvalue weighted by atomic mass is 10.1. The van der Waals surface area contributed by atoms with Gasteiger partial charge in [0.2, 0.25) is 0 Å². The zero-order chi connectivity index (χ0) is 13.5. The molecule has 18 heavy (non-hydrogen) atoms. The Labute approximate surface area is 118 Å². The number of rotatable bonds is 6. The molecule has 3 nitrogen and oxygen atoms in total. The molecule has 0 saturated carbocycles. The molecule has 0 aliphatic heterocycles. The molecule has 1 aromatic carbocycles. The van der Waals surface area contributed by atoms with Crippen molar-refractivity contribution in [3.05, 3.63) is 27.3 Å². The number of halogens is 3. The third kappa shape index (κ3) is 5.16. The van der Waals surface area contributed by atoms with Crippen molar-refractivity contribution in [2.75, 3.05) is 6.61 Å². The van der Waals surface area contributed by atoms with Gasteiger partial charge in [-0.1, -0.05) is 6.07 Å². The Bertz CT molecular complexity index is 410. The van der Waals surface area contributed by atoms with Gasteiger partial charge in [0.25, 0.3) is 0 Å². The maximum atomic E-state index is 12.2. The van der Waals surface area contributed by atoms with Gasteiger partial charge in [-0.05, 0) is 53.6 Å². The van der Waals surface area contributed by atoms with E-state index in [1.54, 1.807) is 19.1 Å². The van der Waals surface area contributed by atoms with Crippen LogP contribution < -0.4 is 4.74 Å². The minimum Gasteiger partial charge on any atom is -0.466 e. The molecule has 0 aromatic heterocycles. The number of carbonyl (C=O) groups excluding carboxylic acids is 1. The molecule has 0 spiro atoms. The molecule has 0 heterocycles. The van der Waals surface area contributed by atoms with Gasteiger partial charge in [-0.2, -0.15) is 8.78 Å². The molecule has 0 radical (unpaired) electrons. The first-order chi connectivity index (χ1) is 8.52. The number of benzene rings is 1. The van der Waals surface area contributed by atoms with E-state index in [-0.39, 0.29) is 18.1 Å². The van der Waals surface area contributed by atoms with Crippen molar-refractivity contribution >= 4 is 28.6 Å². The van der Waals surface area contributed by atoms with E-state index in [2.05, 4.69) is 4.74 Å². The summed E-state index contributed by atoms with van der Waals surface area (Å²) in [5, 5.41) is 0. The largest absolute Gasteiger partial charge is 0.466 e. The number of aryl methyl sites for hydroxylation is 1. The van der Waals surface area contributed by atoms with E-state index < -0.39 is 6.61 Å². The Balaban J connectivity index is 2.71. The molecule has 0 N–H and O–H groups in total. The number of hydrogen-bond acceptors (Lipinski definition) is 3. The summed E-state index contributed by atoms with van der Waals surface area (Å²) in [6.45, 7) is -0.843. The first-order valence-electron chi connectivity index (χ1n) is 5.41. The number of carbonyl (C=O) groups is 1. The predicted molar refractivity (Wildman–Crippen MR) is 70.7 cm³/mol. The minimum atomic E-state index is -2.87. The lowest BCUT2D eigenvalue weighted by molar-refractivity contribution is -0.143. The van der Waals surface area contributed by atoms with Crippen LogP contribution in [-0.2, 0) is 16.0 Å². The lowest BCUT2D eigenvalue weighted by Crippen LogP contribution is -2.08. The average molecular weight is 370 g/mol. The van der Waals surface area contributed by atoms with E-state index in [0.717, 1.165) is 3.57 Å². The fourth-order valence-electron chi connectivity index (χ4n) is 1.41. The zero-order valence-electron chi connectivity index (χ0n) is 9.79. The second-order valence-electron chi connectivity index (χ2n) is 3.44. The van der Waals surface area contributed by atoms with Crippen LogP contribution in [0.4, 0.5) is 8.78 Å². The summed E-state index contributed by atoms with van der Waals surface area (Å²) in [5.74, 6) is -0.236. The molecule has 0 saturated heterocycles. The summed E-state index contributed by atoms with van der Waals surface area (Å²) in [5.41, 5.74) is 0.573. The van der Waals surface area contributed by atoms with Gasteiger partial charge < -0.3 is 9.47 Å². The highest BCUT2D eigenvalue weighted by Gasteiger charge is 2.12. The number of alkyl halides is 2. The van der Waals surface area contributed by atoms with Crippen LogP contribution in [0.15, 0.2) is 18.2 Å². The molecule has 0 unspecified atom stereocenters.